The van der Waals surface area contributed by atoms with Crippen molar-refractivity contribution in [1.82, 2.24) is 5.32 Å². The Kier molecular flexibility index (Phi) is 7.95. The Morgan fingerprint density at radius 3 is 2.06 bits per heavy atom. The number of nitriles is 1. The molecule has 0 aromatic heterocycles. The maximum atomic E-state index is 11.3. The van der Waals surface area contributed by atoms with Gasteiger partial charge in [-0.25, -0.2) is 0 Å². The fraction of sp³-hybridized carbons (Fsp3) is 0.100. The molecule has 0 aliphatic rings. The van der Waals surface area contributed by atoms with Crippen LogP contribution in [0, 0.1) is 22.0 Å². The molecule has 0 saturated carbocycles. The van der Waals surface area contributed by atoms with E-state index < -0.39 is 0 Å². The first kappa shape index (κ1) is 18.3. The van der Waals surface area contributed by atoms with E-state index in [4.69, 9.17) is 10.1 Å². The highest BCUT2D eigenvalue weighted by molar-refractivity contribution is 14.1. The van der Waals surface area contributed by atoms with Crippen LogP contribution < -0.4 is 23.2 Å². The minimum absolute atomic E-state index is 0. The molecule has 2 aromatic rings. The molecule has 2 rings (SSSR count). The molecule has 0 aliphatic carbocycles. The van der Waals surface area contributed by atoms with Gasteiger partial charge in [0, 0.05) is 23.1 Å². The molecule has 0 saturated heterocycles. The number of hydrogen-bond donors (Lipinski definition) is 1. The van der Waals surface area contributed by atoms with Crippen LogP contribution in [0.2, 0.25) is 0 Å². The first-order valence-electron chi connectivity index (χ1n) is 4.27. The number of benzene rings is 1. The second kappa shape index (κ2) is 7.81. The van der Waals surface area contributed by atoms with E-state index in [1.807, 2.05) is 0 Å². The van der Waals surface area contributed by atoms with Crippen molar-refractivity contribution in [2.75, 3.05) is 7.05 Å². The number of hydrogen-bond acceptors (Lipinski definition) is 3. The third kappa shape index (κ3) is 3.45. The molecule has 0 fully saturated rings. The molecule has 0 radical (unpaired) electrons. The minimum atomic E-state index is 0. The van der Waals surface area contributed by atoms with Crippen LogP contribution in [0.5, 0.6) is 0 Å². The van der Waals surface area contributed by atoms with Crippen LogP contribution in [0.25, 0.3) is 10.8 Å². The number of amides is 1. The lowest BCUT2D eigenvalue weighted by atomic mass is 10.2. The number of nitrogens with one attached hydrogen (secondary N) is 1. The zero-order valence-electron chi connectivity index (χ0n) is 8.85. The Hall–Kier alpha value is 0.330. The minimum Gasteiger partial charge on any atom is -1.00 e. The van der Waals surface area contributed by atoms with Crippen molar-refractivity contribution in [3.05, 3.63) is 26.5 Å². The number of carbonyl (C=O) groups excluding carboxylic acids is 1. The average Bonchev–Trinajstić information content (AvgIpc) is 2.99. The van der Waals surface area contributed by atoms with E-state index in [9.17, 15) is 4.79 Å². The second-order valence-electron chi connectivity index (χ2n) is 2.91. The molecule has 0 unspecified atom stereocenters. The molecule has 0 heterocycles. The van der Waals surface area contributed by atoms with Gasteiger partial charge in [-0.3, -0.25) is 9.59 Å². The predicted molar refractivity (Wildman–Crippen MR) is 90.6 cm³/mol. The fourth-order valence-corrected chi connectivity index (χ4v) is 3.65. The average molecular weight is 601 g/mol. The summed E-state index contributed by atoms with van der Waals surface area (Å²) >= 11 is 6.43. The molecule has 8 heteroatoms. The van der Waals surface area contributed by atoms with Crippen LogP contribution in [0.1, 0.15) is 5.56 Å². The Morgan fingerprint density at radius 1 is 1.17 bits per heavy atom. The van der Waals surface area contributed by atoms with Crippen LogP contribution in [0.3, 0.4) is 0 Å². The smallest absolute Gasteiger partial charge is 0.206 e. The monoisotopic (exact) mass is 601 g/mol. The summed E-state index contributed by atoms with van der Waals surface area (Å²) < 4.78 is 2.90. The van der Waals surface area contributed by atoms with Crippen molar-refractivity contribution in [2.45, 2.75) is 0 Å². The topological polar surface area (TPSA) is 70.0 Å². The van der Waals surface area contributed by atoms with E-state index in [1.165, 1.54) is 0 Å². The Labute approximate surface area is 150 Å². The largest absolute Gasteiger partial charge is 1.00 e. The molecule has 18 heavy (non-hydrogen) atoms. The molecule has 0 aliphatic heterocycles. The number of nitrogens with zero attached hydrogens (tertiary/aromatic N) is 1. The highest BCUT2D eigenvalue weighted by atomic mass is 127. The van der Waals surface area contributed by atoms with Crippen LogP contribution in [0.4, 0.5) is 0 Å². The molecule has 4 nitrogen and oxygen atoms in total. The van der Waals surface area contributed by atoms with Crippen molar-refractivity contribution in [3.8, 4) is 6.07 Å². The molecule has 96 valence electrons. The Bertz CT molecular complexity index is 642. The third-order valence-electron chi connectivity index (χ3n) is 1.95. The van der Waals surface area contributed by atoms with E-state index in [1.54, 1.807) is 7.05 Å². The van der Waals surface area contributed by atoms with Crippen LogP contribution >= 0.6 is 67.8 Å². The van der Waals surface area contributed by atoms with Crippen molar-refractivity contribution in [3.63, 3.8) is 0 Å². The SMILES string of the molecule is CNC=O.N#Cc1c(I)c(I)c(I)c2c(=O)c12.[Cl-]. The molecule has 2 aromatic carbocycles. The van der Waals surface area contributed by atoms with Crippen molar-refractivity contribution >= 4 is 85.0 Å². The summed E-state index contributed by atoms with van der Waals surface area (Å²) in [4.78, 5) is 20.3. The molecule has 0 spiro atoms. The van der Waals surface area contributed by atoms with E-state index in [0.29, 0.717) is 17.4 Å². The van der Waals surface area contributed by atoms with Gasteiger partial charge in [0.25, 0.3) is 0 Å². The molecule has 0 bridgehead atoms. The summed E-state index contributed by atoms with van der Waals surface area (Å²) in [5, 5.41) is 12.5. The van der Waals surface area contributed by atoms with E-state index in [2.05, 4.69) is 79.2 Å². The lowest BCUT2D eigenvalue weighted by Gasteiger charge is -1.98. The zero-order chi connectivity index (χ0) is 13.2. The number of carbonyl (C=O) groups is 1. The van der Waals surface area contributed by atoms with Crippen molar-refractivity contribution in [2.24, 2.45) is 0 Å². The molecule has 1 amide bonds. The van der Waals surface area contributed by atoms with Gasteiger partial charge >= 0.3 is 0 Å². The number of halogens is 4. The fourth-order valence-electron chi connectivity index (χ4n) is 1.15. The molecular formula is C10H5ClI3N2O2-. The van der Waals surface area contributed by atoms with Gasteiger partial charge < -0.3 is 17.7 Å². The summed E-state index contributed by atoms with van der Waals surface area (Å²) in [5.41, 5.74) is 0.590. The standard InChI is InChI=1S/C8I3NO.C2H5NO.ClH/c9-5-2(1-12)3-4(8(3)13)6(10)7(5)11;1-3-2-4;/h;2H,1H3,(H,3,4);1H/p-1. The second-order valence-corrected chi connectivity index (χ2v) is 6.15. The number of rotatable bonds is 1. The summed E-state index contributed by atoms with van der Waals surface area (Å²) in [6.45, 7) is 0. The van der Waals surface area contributed by atoms with Gasteiger partial charge in [0.1, 0.15) is 6.07 Å². The summed E-state index contributed by atoms with van der Waals surface area (Å²) in [6.07, 6.45) is 0.625. The number of fused-ring (bicyclic) bond motifs is 1. The molecule has 1 N–H and O–H groups in total. The van der Waals surface area contributed by atoms with Gasteiger partial charge in [-0.05, 0) is 67.8 Å². The quantitative estimate of drug-likeness (QED) is 0.263. The predicted octanol–water partition coefficient (Wildman–Crippen LogP) is -0.873. The lowest BCUT2D eigenvalue weighted by molar-refractivity contribution is -0.109. The van der Waals surface area contributed by atoms with Gasteiger partial charge in [0.2, 0.25) is 6.41 Å². The first-order chi connectivity index (χ1) is 8.01. The highest BCUT2D eigenvalue weighted by Gasteiger charge is 2.25. The Morgan fingerprint density at radius 2 is 1.67 bits per heavy atom. The van der Waals surface area contributed by atoms with Crippen molar-refractivity contribution < 1.29 is 17.2 Å². The lowest BCUT2D eigenvalue weighted by Crippen LogP contribution is -3.00. The van der Waals surface area contributed by atoms with Gasteiger partial charge in [-0.15, -0.1) is 0 Å². The first-order valence-corrected chi connectivity index (χ1v) is 7.51. The van der Waals surface area contributed by atoms with Crippen LogP contribution in [0.15, 0.2) is 4.79 Å². The summed E-state index contributed by atoms with van der Waals surface area (Å²) in [7, 11) is 1.56. The normalized spacial score (nSPS) is 9.06. The van der Waals surface area contributed by atoms with Gasteiger partial charge in [0.15, 0.2) is 5.43 Å². The van der Waals surface area contributed by atoms with E-state index in [0.717, 1.165) is 16.1 Å². The van der Waals surface area contributed by atoms with Crippen LogP contribution in [-0.4, -0.2) is 13.5 Å². The zero-order valence-corrected chi connectivity index (χ0v) is 16.1. The third-order valence-corrected chi connectivity index (χ3v) is 7.25. The molecular weight excluding hydrogens is 596 g/mol. The van der Waals surface area contributed by atoms with Gasteiger partial charge in [-0.2, -0.15) is 5.26 Å². The summed E-state index contributed by atoms with van der Waals surface area (Å²) in [6, 6.07) is 2.08. The maximum Gasteiger partial charge on any atom is 0.206 e. The summed E-state index contributed by atoms with van der Waals surface area (Å²) in [5.74, 6) is 0. The Balaban J connectivity index is 0.000000512. The highest BCUT2D eigenvalue weighted by Crippen LogP contribution is 2.34. The maximum absolute atomic E-state index is 11.3. The van der Waals surface area contributed by atoms with Crippen LogP contribution in [-0.2, 0) is 4.79 Å². The van der Waals surface area contributed by atoms with Crippen molar-refractivity contribution in [1.29, 1.82) is 5.26 Å². The van der Waals surface area contributed by atoms with E-state index in [-0.39, 0.29) is 17.8 Å². The molecule has 0 atom stereocenters. The van der Waals surface area contributed by atoms with Gasteiger partial charge in [-0.1, -0.05) is 0 Å². The van der Waals surface area contributed by atoms with E-state index >= 15 is 0 Å². The van der Waals surface area contributed by atoms with Gasteiger partial charge in [0.05, 0.1) is 10.9 Å².